The molecule has 0 fully saturated rings. The van der Waals surface area contributed by atoms with Gasteiger partial charge in [-0.3, -0.25) is 0 Å². The minimum atomic E-state index is -2.39. The Balaban J connectivity index is 2.81. The van der Waals surface area contributed by atoms with Gasteiger partial charge in [0.15, 0.2) is 0 Å². The SMILES string of the molecule is COc1c[c]([Sn]([CH3])([CH3])[CH3])c(C=O)cc1OCOCC[Si](C)(C)C. The molecule has 0 unspecified atom stereocenters. The van der Waals surface area contributed by atoms with Crippen LogP contribution in [0.5, 0.6) is 11.5 Å². The molecule has 0 spiro atoms. The standard InChI is InChI=1S/C14H21O4Si.3CH3.Sn/c1-16-13-6-5-12(10-15)9-14(13)18-11-17-7-8-19(2,3)4;;;;/h6,9-10H,7-8,11H2,1-4H3;3*1H3;. The Morgan fingerprint density at radius 1 is 1.13 bits per heavy atom. The van der Waals surface area contributed by atoms with E-state index in [0.717, 1.165) is 15.9 Å². The van der Waals surface area contributed by atoms with Gasteiger partial charge >= 0.3 is 146 Å². The Labute approximate surface area is 145 Å². The predicted octanol–water partition coefficient (Wildman–Crippen LogP) is 3.74. The van der Waals surface area contributed by atoms with Crippen LogP contribution in [0.3, 0.4) is 0 Å². The molecule has 1 aromatic rings. The molecule has 0 aliphatic heterocycles. The van der Waals surface area contributed by atoms with E-state index in [2.05, 4.69) is 34.5 Å². The molecular weight excluding hydrogens is 415 g/mol. The predicted molar refractivity (Wildman–Crippen MR) is 101 cm³/mol. The van der Waals surface area contributed by atoms with Crippen molar-refractivity contribution in [3.05, 3.63) is 17.7 Å². The van der Waals surface area contributed by atoms with E-state index in [1.807, 2.05) is 6.07 Å². The van der Waals surface area contributed by atoms with Crippen molar-refractivity contribution in [2.24, 2.45) is 0 Å². The molecule has 6 heteroatoms. The van der Waals surface area contributed by atoms with E-state index in [0.29, 0.717) is 23.7 Å². The summed E-state index contributed by atoms with van der Waals surface area (Å²) in [4.78, 5) is 18.2. The van der Waals surface area contributed by atoms with Gasteiger partial charge in [-0.15, -0.1) is 0 Å². The van der Waals surface area contributed by atoms with Crippen molar-refractivity contribution in [2.45, 2.75) is 40.5 Å². The van der Waals surface area contributed by atoms with Gasteiger partial charge in [-0.1, -0.05) is 0 Å². The summed E-state index contributed by atoms with van der Waals surface area (Å²) in [5.74, 6) is 1.24. The van der Waals surface area contributed by atoms with Crippen LogP contribution in [0.15, 0.2) is 12.1 Å². The van der Waals surface area contributed by atoms with E-state index in [1.54, 1.807) is 13.2 Å². The molecule has 0 N–H and O–H groups in total. The zero-order valence-corrected chi connectivity index (χ0v) is 19.3. The second-order valence-corrected chi connectivity index (χ2v) is 27.9. The first kappa shape index (κ1) is 20.5. The van der Waals surface area contributed by atoms with E-state index in [1.165, 1.54) is 0 Å². The molecule has 0 heterocycles. The molecule has 1 rings (SSSR count). The van der Waals surface area contributed by atoms with Gasteiger partial charge in [0.1, 0.15) is 0 Å². The third-order valence-corrected chi connectivity index (χ3v) is 11.1. The van der Waals surface area contributed by atoms with Gasteiger partial charge < -0.3 is 0 Å². The summed E-state index contributed by atoms with van der Waals surface area (Å²) < 4.78 is 17.8. The number of carbonyl (C=O) groups is 1. The molecule has 0 aromatic heterocycles. The van der Waals surface area contributed by atoms with E-state index >= 15 is 0 Å². The van der Waals surface area contributed by atoms with E-state index in [9.17, 15) is 4.79 Å². The van der Waals surface area contributed by atoms with E-state index < -0.39 is 26.5 Å². The summed E-state index contributed by atoms with van der Waals surface area (Å²) in [5, 5.41) is 0. The molecule has 23 heavy (non-hydrogen) atoms. The number of hydrogen-bond acceptors (Lipinski definition) is 4. The third kappa shape index (κ3) is 6.85. The zero-order valence-electron chi connectivity index (χ0n) is 15.5. The summed E-state index contributed by atoms with van der Waals surface area (Å²) in [6.07, 6.45) is 0.913. The summed E-state index contributed by atoms with van der Waals surface area (Å²) >= 11 is -2.39. The second kappa shape index (κ2) is 8.53. The quantitative estimate of drug-likeness (QED) is 0.252. The van der Waals surface area contributed by atoms with Crippen LogP contribution < -0.4 is 13.1 Å². The molecular formula is C17H30O4SiSn. The normalized spacial score (nSPS) is 12.1. The van der Waals surface area contributed by atoms with Gasteiger partial charge in [-0.2, -0.15) is 0 Å². The van der Waals surface area contributed by atoms with Crippen LogP contribution in [0.1, 0.15) is 10.4 Å². The average Bonchev–Trinajstić information content (AvgIpc) is 2.43. The maximum atomic E-state index is 11.4. The number of methoxy groups -OCH3 is 1. The molecule has 1 aromatic carbocycles. The molecule has 0 saturated heterocycles. The number of hydrogen-bond donors (Lipinski definition) is 0. The fourth-order valence-electron chi connectivity index (χ4n) is 2.14. The van der Waals surface area contributed by atoms with Crippen molar-refractivity contribution in [3.63, 3.8) is 0 Å². The number of ether oxygens (including phenoxy) is 3. The summed E-state index contributed by atoms with van der Waals surface area (Å²) in [5.41, 5.74) is 0.714. The van der Waals surface area contributed by atoms with Gasteiger partial charge in [0.2, 0.25) is 0 Å². The Morgan fingerprint density at radius 3 is 2.26 bits per heavy atom. The van der Waals surface area contributed by atoms with E-state index in [4.69, 9.17) is 14.2 Å². The number of rotatable bonds is 9. The second-order valence-electron chi connectivity index (χ2n) is 7.94. The van der Waals surface area contributed by atoms with Gasteiger partial charge in [-0.25, -0.2) is 0 Å². The van der Waals surface area contributed by atoms with E-state index in [-0.39, 0.29) is 6.79 Å². The number of aldehydes is 1. The Hall–Kier alpha value is -0.534. The summed E-state index contributed by atoms with van der Waals surface area (Å²) in [6, 6.07) is 4.85. The zero-order chi connectivity index (χ0) is 17.7. The topological polar surface area (TPSA) is 44.8 Å². The number of benzene rings is 1. The van der Waals surface area contributed by atoms with Crippen molar-refractivity contribution >= 4 is 36.3 Å². The van der Waals surface area contributed by atoms with Crippen molar-refractivity contribution in [2.75, 3.05) is 20.5 Å². The van der Waals surface area contributed by atoms with Crippen molar-refractivity contribution in [1.82, 2.24) is 0 Å². The van der Waals surface area contributed by atoms with Gasteiger partial charge in [0.25, 0.3) is 0 Å². The van der Waals surface area contributed by atoms with Crippen LogP contribution in [0, 0.1) is 0 Å². The third-order valence-electron chi connectivity index (χ3n) is 3.56. The van der Waals surface area contributed by atoms with Crippen LogP contribution in [0.25, 0.3) is 0 Å². The van der Waals surface area contributed by atoms with Crippen molar-refractivity contribution < 1.29 is 19.0 Å². The molecule has 0 aliphatic rings. The van der Waals surface area contributed by atoms with Crippen LogP contribution >= 0.6 is 0 Å². The fourth-order valence-corrected chi connectivity index (χ4v) is 7.35. The molecule has 130 valence electrons. The average molecular weight is 445 g/mol. The molecule has 0 amide bonds. The van der Waals surface area contributed by atoms with Crippen LogP contribution in [0.4, 0.5) is 0 Å². The van der Waals surface area contributed by atoms with Crippen LogP contribution in [0.2, 0.25) is 40.5 Å². The van der Waals surface area contributed by atoms with Crippen LogP contribution in [-0.2, 0) is 4.74 Å². The molecule has 0 saturated carbocycles. The molecule has 0 radical (unpaired) electrons. The Morgan fingerprint density at radius 2 is 1.78 bits per heavy atom. The van der Waals surface area contributed by atoms with Crippen molar-refractivity contribution in [3.8, 4) is 11.5 Å². The molecule has 0 aliphatic carbocycles. The Bertz CT molecular complexity index is 533. The first-order valence-corrected chi connectivity index (χ1v) is 21.7. The van der Waals surface area contributed by atoms with Crippen LogP contribution in [-0.4, -0.2) is 53.2 Å². The fraction of sp³-hybridized carbons (Fsp3) is 0.588. The molecule has 0 atom stereocenters. The summed E-state index contributed by atoms with van der Waals surface area (Å²) in [7, 11) is 0.530. The summed E-state index contributed by atoms with van der Waals surface area (Å²) in [6.45, 7) is 7.82. The maximum absolute atomic E-state index is 11.4. The van der Waals surface area contributed by atoms with Gasteiger partial charge in [-0.05, 0) is 0 Å². The Kier molecular flexibility index (Phi) is 7.61. The van der Waals surface area contributed by atoms with Gasteiger partial charge in [0.05, 0.1) is 0 Å². The first-order valence-electron chi connectivity index (χ1n) is 7.97. The van der Waals surface area contributed by atoms with Crippen molar-refractivity contribution in [1.29, 1.82) is 0 Å². The molecule has 4 nitrogen and oxygen atoms in total. The monoisotopic (exact) mass is 446 g/mol. The number of carbonyl (C=O) groups excluding carboxylic acids is 1. The first-order chi connectivity index (χ1) is 10.6. The minimum absolute atomic E-state index is 0.178. The molecule has 0 bridgehead atoms. The van der Waals surface area contributed by atoms with Gasteiger partial charge in [0, 0.05) is 0 Å².